The fourth-order valence-corrected chi connectivity index (χ4v) is 6.55. The van der Waals surface area contributed by atoms with E-state index >= 15 is 0 Å². The van der Waals surface area contributed by atoms with Crippen LogP contribution < -0.4 is 16.1 Å². The van der Waals surface area contributed by atoms with Crippen LogP contribution in [0, 0.1) is 5.92 Å². The molecule has 0 bridgehead atoms. The molecule has 2 saturated carbocycles. The van der Waals surface area contributed by atoms with Crippen molar-refractivity contribution in [2.45, 2.75) is 88.9 Å². The molecule has 1 aromatic carbocycles. The lowest BCUT2D eigenvalue weighted by Gasteiger charge is -2.32. The zero-order valence-corrected chi connectivity index (χ0v) is 25.7. The van der Waals surface area contributed by atoms with E-state index in [1.807, 2.05) is 47.1 Å². The Kier molecular flexibility index (Phi) is 9.18. The van der Waals surface area contributed by atoms with Crippen LogP contribution in [0.5, 0.6) is 0 Å². The van der Waals surface area contributed by atoms with Gasteiger partial charge in [-0.3, -0.25) is 14.3 Å². The van der Waals surface area contributed by atoms with Gasteiger partial charge in [-0.1, -0.05) is 56.0 Å². The van der Waals surface area contributed by atoms with Crippen molar-refractivity contribution < 1.29 is 28.1 Å². The molecular weight excluding hydrogens is 585 g/mol. The van der Waals surface area contributed by atoms with Crippen molar-refractivity contribution >= 4 is 42.4 Å². The van der Waals surface area contributed by atoms with E-state index in [1.165, 1.54) is 5.06 Å². The number of nitrogens with zero attached hydrogens (tertiary/aromatic N) is 5. The second-order valence-corrected chi connectivity index (χ2v) is 13.2. The fraction of sp³-hybridized carbons (Fsp3) is 0.533. The first kappa shape index (κ1) is 30.5. The number of fused-ring (bicyclic) bond motifs is 1. The van der Waals surface area contributed by atoms with Gasteiger partial charge >= 0.3 is 13.8 Å². The van der Waals surface area contributed by atoms with Crippen LogP contribution in [0.1, 0.15) is 70.8 Å². The molecule has 3 aliphatic rings. The molecule has 1 unspecified atom stereocenters. The Morgan fingerprint density at radius 3 is 2.61 bits per heavy atom. The number of nitrogens with one attached hydrogen (secondary N) is 1. The van der Waals surface area contributed by atoms with Crippen LogP contribution in [-0.4, -0.2) is 55.2 Å². The molecule has 2 heterocycles. The second kappa shape index (κ2) is 13.2. The molecule has 0 aliphatic heterocycles. The largest absolute Gasteiger partial charge is 0.529 e. The summed E-state index contributed by atoms with van der Waals surface area (Å²) in [7, 11) is -4.71. The van der Waals surface area contributed by atoms with E-state index < -0.39 is 19.8 Å². The van der Waals surface area contributed by atoms with Gasteiger partial charge in [0.2, 0.25) is 5.95 Å². The highest BCUT2D eigenvalue weighted by atomic mass is 31.2. The fourth-order valence-electron chi connectivity index (χ4n) is 5.74. The molecule has 6 rings (SSSR count). The second-order valence-electron chi connectivity index (χ2n) is 11.9. The average Bonchev–Trinajstić information content (AvgIpc) is 3.62. The number of phosphoric ester groups is 1. The standard InChI is InChI=1S/C30H40N7O6P/c1-20(37(23-9-5-4-6-10-23)42-25-11-7-2-3-8-12-25)29(38)43-44(39,40)41-18-21-13-16-24(17-21)36-19-32-26-27(33-22-14-15-22)34-30(31)35-28(26)36/h4-6,9-10,13,16,19-22,24-25H,2-3,7-8,11-12,14-15,17-18H2,1H3,(H,39,40)(H3,31,33,34,35)/t20-,21+,24-/m0/s1. The molecule has 13 nitrogen and oxygen atoms in total. The van der Waals surface area contributed by atoms with Crippen LogP contribution in [0.2, 0.25) is 0 Å². The Balaban J connectivity index is 1.05. The highest BCUT2D eigenvalue weighted by Gasteiger charge is 2.35. The third kappa shape index (κ3) is 7.40. The van der Waals surface area contributed by atoms with Gasteiger partial charge in [-0.05, 0) is 51.2 Å². The number of carbonyl (C=O) groups excluding carboxylic acids is 1. The maximum atomic E-state index is 13.1. The Morgan fingerprint density at radius 2 is 1.89 bits per heavy atom. The minimum absolute atomic E-state index is 0.0520. The summed E-state index contributed by atoms with van der Waals surface area (Å²) in [6.07, 6.45) is 14.5. The number of aromatic nitrogens is 4. The number of carbonyl (C=O) groups is 1. The molecule has 4 atom stereocenters. The van der Waals surface area contributed by atoms with Crippen molar-refractivity contribution in [2.75, 3.05) is 22.7 Å². The smallest absolute Gasteiger partial charge is 0.369 e. The Bertz CT molecular complexity index is 1520. The Morgan fingerprint density at radius 1 is 1.14 bits per heavy atom. The van der Waals surface area contributed by atoms with Crippen molar-refractivity contribution in [3.8, 4) is 0 Å². The quantitative estimate of drug-likeness (QED) is 0.103. The lowest BCUT2D eigenvalue weighted by atomic mass is 10.1. The van der Waals surface area contributed by atoms with E-state index in [0.29, 0.717) is 35.1 Å². The van der Waals surface area contributed by atoms with E-state index in [1.54, 1.807) is 13.3 Å². The molecular formula is C30H40N7O6P. The van der Waals surface area contributed by atoms with Gasteiger partial charge in [0.1, 0.15) is 0 Å². The van der Waals surface area contributed by atoms with Gasteiger partial charge in [0, 0.05) is 12.0 Å². The maximum absolute atomic E-state index is 13.1. The van der Waals surface area contributed by atoms with Crippen LogP contribution >= 0.6 is 7.82 Å². The SMILES string of the molecule is C[C@@H](C(=O)OP(=O)(O)OC[C@@H]1C=C[C@H](n2cnc3c(NC4CC4)nc(N)nc32)C1)N(OC1CCCCCC1)c1ccccc1. The number of hydroxylamine groups is 1. The van der Waals surface area contributed by atoms with Crippen molar-refractivity contribution in [1.29, 1.82) is 0 Å². The predicted octanol–water partition coefficient (Wildman–Crippen LogP) is 5.31. The third-order valence-electron chi connectivity index (χ3n) is 8.29. The first-order chi connectivity index (χ1) is 21.3. The normalized spacial score (nSPS) is 22.8. The summed E-state index contributed by atoms with van der Waals surface area (Å²) in [4.78, 5) is 43.2. The van der Waals surface area contributed by atoms with Crippen LogP contribution in [0.15, 0.2) is 48.8 Å². The molecule has 0 amide bonds. The highest BCUT2D eigenvalue weighted by Crippen LogP contribution is 2.45. The molecule has 44 heavy (non-hydrogen) atoms. The monoisotopic (exact) mass is 625 g/mol. The molecule has 0 saturated heterocycles. The number of imidazole rings is 1. The van der Waals surface area contributed by atoms with Crippen molar-refractivity contribution in [3.05, 3.63) is 48.8 Å². The Labute approximate surface area is 256 Å². The molecule has 2 fully saturated rings. The van der Waals surface area contributed by atoms with E-state index in [4.69, 9.17) is 19.6 Å². The van der Waals surface area contributed by atoms with Crippen LogP contribution in [-0.2, 0) is 23.2 Å². The molecule has 3 aromatic rings. The number of anilines is 3. The number of nitrogen functional groups attached to an aromatic ring is 1. The molecule has 14 heteroatoms. The Hall–Kier alpha value is -3.51. The lowest BCUT2D eigenvalue weighted by Crippen LogP contribution is -2.42. The van der Waals surface area contributed by atoms with Gasteiger partial charge in [0.05, 0.1) is 30.8 Å². The number of allylic oxidation sites excluding steroid dienone is 1. The molecule has 4 N–H and O–H groups in total. The summed E-state index contributed by atoms with van der Waals surface area (Å²) in [6, 6.07) is 8.50. The molecule has 2 aromatic heterocycles. The summed E-state index contributed by atoms with van der Waals surface area (Å²) in [5.41, 5.74) is 7.90. The van der Waals surface area contributed by atoms with Gasteiger partial charge in [0.25, 0.3) is 0 Å². The number of benzene rings is 1. The van der Waals surface area contributed by atoms with E-state index in [0.717, 1.165) is 51.4 Å². The number of para-hydroxylation sites is 1. The minimum Gasteiger partial charge on any atom is -0.369 e. The number of hydrogen-bond donors (Lipinski definition) is 3. The zero-order valence-electron chi connectivity index (χ0n) is 24.8. The first-order valence-electron chi connectivity index (χ1n) is 15.4. The molecule has 0 spiro atoms. The van der Waals surface area contributed by atoms with E-state index in [-0.39, 0.29) is 30.6 Å². The number of nitrogens with two attached hydrogens (primary N) is 1. The van der Waals surface area contributed by atoms with Gasteiger partial charge in [-0.25, -0.2) is 19.4 Å². The summed E-state index contributed by atoms with van der Waals surface area (Å²) >= 11 is 0. The first-order valence-corrected chi connectivity index (χ1v) is 16.9. The molecule has 236 valence electrons. The average molecular weight is 626 g/mol. The number of phosphoric acid groups is 1. The lowest BCUT2D eigenvalue weighted by molar-refractivity contribution is -0.140. The van der Waals surface area contributed by atoms with Crippen LogP contribution in [0.25, 0.3) is 11.2 Å². The molecule has 3 aliphatic carbocycles. The highest BCUT2D eigenvalue weighted by molar-refractivity contribution is 7.48. The third-order valence-corrected chi connectivity index (χ3v) is 9.18. The maximum Gasteiger partial charge on any atom is 0.529 e. The van der Waals surface area contributed by atoms with Crippen LogP contribution in [0.4, 0.5) is 17.5 Å². The van der Waals surface area contributed by atoms with Crippen molar-refractivity contribution in [1.82, 2.24) is 19.5 Å². The summed E-state index contributed by atoms with van der Waals surface area (Å²) in [5, 5.41) is 4.84. The van der Waals surface area contributed by atoms with Crippen LogP contribution in [0.3, 0.4) is 0 Å². The van der Waals surface area contributed by atoms with Gasteiger partial charge in [0.15, 0.2) is 23.0 Å². The van der Waals surface area contributed by atoms with Crippen molar-refractivity contribution in [2.24, 2.45) is 5.92 Å². The summed E-state index contributed by atoms with van der Waals surface area (Å²) in [6.45, 7) is 1.48. The minimum atomic E-state index is -4.71. The van der Waals surface area contributed by atoms with E-state index in [9.17, 15) is 14.3 Å². The van der Waals surface area contributed by atoms with E-state index in [2.05, 4.69) is 20.3 Å². The summed E-state index contributed by atoms with van der Waals surface area (Å²) < 4.78 is 25.2. The predicted molar refractivity (Wildman–Crippen MR) is 165 cm³/mol. The van der Waals surface area contributed by atoms with Crippen molar-refractivity contribution in [3.63, 3.8) is 0 Å². The van der Waals surface area contributed by atoms with Gasteiger partial charge in [-0.2, -0.15) is 9.97 Å². The zero-order chi connectivity index (χ0) is 30.7. The topological polar surface area (TPSA) is 167 Å². The van der Waals surface area contributed by atoms with Gasteiger partial charge in [-0.15, -0.1) is 0 Å². The number of hydrogen-bond acceptors (Lipinski definition) is 11. The summed E-state index contributed by atoms with van der Waals surface area (Å²) in [5.74, 6) is -0.326. The number of rotatable bonds is 12. The molecule has 0 radical (unpaired) electrons. The van der Waals surface area contributed by atoms with Gasteiger partial charge < -0.3 is 20.1 Å².